The van der Waals surface area contributed by atoms with Crippen LogP contribution in [-0.4, -0.2) is 8.07 Å². The highest BCUT2D eigenvalue weighted by atomic mass is 28.3. The van der Waals surface area contributed by atoms with E-state index in [9.17, 15) is 0 Å². The van der Waals surface area contributed by atoms with Gasteiger partial charge in [-0.3, -0.25) is 0 Å². The van der Waals surface area contributed by atoms with Gasteiger partial charge in [0.1, 0.15) is 0 Å². The smallest absolute Gasteiger partial charge is 0.180 e. The molecule has 1 nitrogen and oxygen atoms in total. The lowest BCUT2D eigenvalue weighted by molar-refractivity contribution is 1.29. The predicted molar refractivity (Wildman–Crippen MR) is 240 cm³/mol. The van der Waals surface area contributed by atoms with Gasteiger partial charge in [0.05, 0.1) is 11.4 Å². The summed E-state index contributed by atoms with van der Waals surface area (Å²) in [4.78, 5) is 2.50. The second-order valence-electron chi connectivity index (χ2n) is 14.4. The van der Waals surface area contributed by atoms with Crippen LogP contribution in [0, 0.1) is 0 Å². The third kappa shape index (κ3) is 5.62. The largest absolute Gasteiger partial charge is 0.309 e. The van der Waals surface area contributed by atoms with Gasteiger partial charge < -0.3 is 4.90 Å². The number of rotatable bonds is 8. The van der Waals surface area contributed by atoms with Crippen LogP contribution in [0.25, 0.3) is 44.5 Å². The summed E-state index contributed by atoms with van der Waals surface area (Å²) < 4.78 is 0. The lowest BCUT2D eigenvalue weighted by Crippen LogP contribution is -2.72. The van der Waals surface area contributed by atoms with Gasteiger partial charge in [-0.25, -0.2) is 0 Å². The van der Waals surface area contributed by atoms with Crippen molar-refractivity contribution >= 4 is 45.9 Å². The lowest BCUT2D eigenvalue weighted by Gasteiger charge is -2.33. The van der Waals surface area contributed by atoms with E-state index in [4.69, 9.17) is 0 Å². The Morgan fingerprint density at radius 2 is 0.679 bits per heavy atom. The Morgan fingerprint density at radius 3 is 1.27 bits per heavy atom. The number of anilines is 3. The lowest BCUT2D eigenvalue weighted by atomic mass is 9.98. The Balaban J connectivity index is 1.19. The van der Waals surface area contributed by atoms with E-state index >= 15 is 0 Å². The second kappa shape index (κ2) is 14.3. The maximum Gasteiger partial charge on any atom is 0.180 e. The third-order valence-electron chi connectivity index (χ3n) is 11.4. The number of hydrogen-bond acceptors (Lipinski definition) is 1. The van der Waals surface area contributed by atoms with Crippen LogP contribution in [0.2, 0.25) is 0 Å². The van der Waals surface area contributed by atoms with Crippen molar-refractivity contribution in [1.82, 2.24) is 0 Å². The van der Waals surface area contributed by atoms with Gasteiger partial charge in [-0.1, -0.05) is 212 Å². The van der Waals surface area contributed by atoms with E-state index in [0.29, 0.717) is 0 Å². The van der Waals surface area contributed by atoms with Crippen LogP contribution in [0.15, 0.2) is 237 Å². The molecule has 0 saturated heterocycles. The second-order valence-corrected chi connectivity index (χ2v) is 18.2. The summed E-state index contributed by atoms with van der Waals surface area (Å²) in [5, 5.41) is 5.65. The number of fused-ring (bicyclic) bond motifs is 3. The van der Waals surface area contributed by atoms with Crippen LogP contribution in [0.1, 0.15) is 0 Å². The maximum absolute atomic E-state index is 2.69. The number of hydrogen-bond donors (Lipinski definition) is 0. The average molecular weight is 730 g/mol. The molecule has 0 radical (unpaired) electrons. The van der Waals surface area contributed by atoms with Crippen LogP contribution in [-0.2, 0) is 0 Å². The molecule has 0 atom stereocenters. The summed E-state index contributed by atoms with van der Waals surface area (Å²) in [7, 11) is -2.69. The van der Waals surface area contributed by atoms with Crippen LogP contribution < -0.4 is 25.6 Å². The molecule has 0 fully saturated rings. The highest BCUT2D eigenvalue weighted by Crippen LogP contribution is 2.46. The van der Waals surface area contributed by atoms with Gasteiger partial charge in [0.25, 0.3) is 0 Å². The average Bonchev–Trinajstić information content (AvgIpc) is 3.60. The van der Waals surface area contributed by atoms with Gasteiger partial charge in [0.15, 0.2) is 8.07 Å². The molecular formula is C54H39NSi. The third-order valence-corrected chi connectivity index (χ3v) is 16.2. The first-order valence-electron chi connectivity index (χ1n) is 19.4. The van der Waals surface area contributed by atoms with Crippen molar-refractivity contribution in [3.8, 4) is 44.5 Å². The minimum absolute atomic E-state index is 1.11. The van der Waals surface area contributed by atoms with Gasteiger partial charge in [0.2, 0.25) is 0 Å². The molecule has 1 aliphatic heterocycles. The zero-order valence-corrected chi connectivity index (χ0v) is 32.0. The minimum atomic E-state index is -2.69. The molecule has 0 spiro atoms. The fourth-order valence-electron chi connectivity index (χ4n) is 8.89. The molecule has 0 N–H and O–H groups in total. The van der Waals surface area contributed by atoms with Gasteiger partial charge in [0, 0.05) is 16.8 Å². The summed E-state index contributed by atoms with van der Waals surface area (Å²) in [5.74, 6) is 0. The van der Waals surface area contributed by atoms with Gasteiger partial charge in [-0.2, -0.15) is 0 Å². The van der Waals surface area contributed by atoms with Crippen LogP contribution in [0.3, 0.4) is 0 Å². The molecule has 0 bridgehead atoms. The van der Waals surface area contributed by atoms with Crippen molar-refractivity contribution in [2.24, 2.45) is 0 Å². The van der Waals surface area contributed by atoms with E-state index in [1.54, 1.807) is 0 Å². The summed E-state index contributed by atoms with van der Waals surface area (Å²) in [6.07, 6.45) is 0. The molecule has 0 amide bonds. The highest BCUT2D eigenvalue weighted by molar-refractivity contribution is 7.22. The van der Waals surface area contributed by atoms with Gasteiger partial charge in [-0.15, -0.1) is 0 Å². The van der Waals surface area contributed by atoms with E-state index < -0.39 is 8.07 Å². The Morgan fingerprint density at radius 1 is 0.268 bits per heavy atom. The Labute approximate surface area is 330 Å². The highest BCUT2D eigenvalue weighted by Gasteiger charge is 2.49. The molecule has 0 saturated carbocycles. The van der Waals surface area contributed by atoms with Gasteiger partial charge in [-0.05, 0) is 78.4 Å². The summed E-state index contributed by atoms with van der Waals surface area (Å²) in [6.45, 7) is 0. The fraction of sp³-hybridized carbons (Fsp3) is 0. The molecule has 0 aliphatic carbocycles. The molecule has 1 heterocycles. The zero-order valence-electron chi connectivity index (χ0n) is 31.0. The topological polar surface area (TPSA) is 3.24 Å². The van der Waals surface area contributed by atoms with E-state index in [2.05, 4.69) is 241 Å². The predicted octanol–water partition coefficient (Wildman–Crippen LogP) is 11.5. The van der Waals surface area contributed by atoms with E-state index in [1.165, 1.54) is 70.9 Å². The molecule has 9 aromatic carbocycles. The molecule has 0 aromatic heterocycles. The fourth-order valence-corrected chi connectivity index (χ4v) is 14.1. The van der Waals surface area contributed by atoms with Crippen molar-refractivity contribution in [2.45, 2.75) is 0 Å². The standard InChI is InChI=1S/C54H39NSi/c1-5-18-40(19-6-1)41-32-34-42(35-33-41)43-36-38-45(39-37-43)55(50-28-15-13-26-48(50)44-20-7-2-8-21-44)51-29-17-31-53-54(51)49-27-14-16-30-52(49)56(53,46-22-9-3-10-23-46)47-24-11-4-12-25-47/h1-39H. The first kappa shape index (κ1) is 33.6. The van der Waals surface area contributed by atoms with Crippen molar-refractivity contribution in [3.05, 3.63) is 237 Å². The molecule has 10 rings (SSSR count). The van der Waals surface area contributed by atoms with Crippen LogP contribution in [0.4, 0.5) is 17.1 Å². The first-order valence-corrected chi connectivity index (χ1v) is 21.4. The first-order chi connectivity index (χ1) is 27.8. The molecule has 2 heteroatoms. The van der Waals surface area contributed by atoms with Crippen LogP contribution in [0.5, 0.6) is 0 Å². The quantitative estimate of drug-likeness (QED) is 0.141. The number of benzene rings is 9. The summed E-state index contributed by atoms with van der Waals surface area (Å²) in [5.41, 5.74) is 13.3. The summed E-state index contributed by atoms with van der Waals surface area (Å²) in [6, 6.07) is 87.0. The SMILES string of the molecule is c1ccc(-c2ccc(-c3ccc(N(c4ccccc4-c4ccccc4)c4cccc5c4-c4ccccc4[Si]5(c4ccccc4)c4ccccc4)cc3)cc2)cc1. The molecule has 9 aromatic rings. The Kier molecular flexibility index (Phi) is 8.59. The minimum Gasteiger partial charge on any atom is -0.309 e. The molecule has 264 valence electrons. The van der Waals surface area contributed by atoms with Gasteiger partial charge >= 0.3 is 0 Å². The normalized spacial score (nSPS) is 12.4. The Bertz CT molecular complexity index is 2720. The molecular weight excluding hydrogens is 691 g/mol. The van der Waals surface area contributed by atoms with Crippen molar-refractivity contribution < 1.29 is 0 Å². The monoisotopic (exact) mass is 729 g/mol. The maximum atomic E-state index is 2.50. The van der Waals surface area contributed by atoms with Crippen molar-refractivity contribution in [3.63, 3.8) is 0 Å². The van der Waals surface area contributed by atoms with E-state index in [0.717, 1.165) is 11.4 Å². The van der Waals surface area contributed by atoms with Crippen molar-refractivity contribution in [2.75, 3.05) is 4.90 Å². The molecule has 56 heavy (non-hydrogen) atoms. The zero-order chi connectivity index (χ0) is 37.3. The molecule has 1 aliphatic rings. The molecule has 0 unspecified atom stereocenters. The van der Waals surface area contributed by atoms with Crippen molar-refractivity contribution in [1.29, 1.82) is 0 Å². The number of para-hydroxylation sites is 1. The Hall–Kier alpha value is -7.00. The van der Waals surface area contributed by atoms with E-state index in [1.807, 2.05) is 0 Å². The number of nitrogens with zero attached hydrogens (tertiary/aromatic N) is 1. The van der Waals surface area contributed by atoms with Crippen LogP contribution >= 0.6 is 0 Å². The van der Waals surface area contributed by atoms with E-state index in [-0.39, 0.29) is 0 Å². The summed E-state index contributed by atoms with van der Waals surface area (Å²) >= 11 is 0.